The molecule has 22 heavy (non-hydrogen) atoms. The largest absolute Gasteiger partial charge is 0.368 e. The van der Waals surface area contributed by atoms with E-state index in [1.807, 2.05) is 17.9 Å². The molecule has 5 heteroatoms. The van der Waals surface area contributed by atoms with Gasteiger partial charge in [-0.15, -0.1) is 0 Å². The summed E-state index contributed by atoms with van der Waals surface area (Å²) in [7, 11) is 1.98. The smallest absolute Gasteiger partial charge is 0.0787 e. The summed E-state index contributed by atoms with van der Waals surface area (Å²) in [4.78, 5) is 2.45. The molecule has 2 aliphatic rings. The summed E-state index contributed by atoms with van der Waals surface area (Å²) in [6.45, 7) is 11.0. The average Bonchev–Trinajstić information content (AvgIpc) is 2.91. The van der Waals surface area contributed by atoms with E-state index in [1.165, 1.54) is 18.5 Å². The number of aromatic nitrogens is 2. The van der Waals surface area contributed by atoms with Gasteiger partial charge in [0, 0.05) is 38.4 Å². The molecule has 0 bridgehead atoms. The van der Waals surface area contributed by atoms with Gasteiger partial charge in [-0.05, 0) is 47.0 Å². The van der Waals surface area contributed by atoms with Crippen LogP contribution in [0.2, 0.25) is 0 Å². The summed E-state index contributed by atoms with van der Waals surface area (Å²) < 4.78 is 8.09. The van der Waals surface area contributed by atoms with Crippen molar-refractivity contribution >= 4 is 5.69 Å². The van der Waals surface area contributed by atoms with Crippen molar-refractivity contribution in [1.29, 1.82) is 0 Å². The molecule has 0 radical (unpaired) electrons. The molecule has 2 fully saturated rings. The second kappa shape index (κ2) is 5.53. The first-order chi connectivity index (χ1) is 10.3. The predicted octanol–water partition coefficient (Wildman–Crippen LogP) is 2.32. The maximum absolute atomic E-state index is 6.22. The Morgan fingerprint density at radius 2 is 2.09 bits per heavy atom. The molecule has 1 aromatic heterocycles. The van der Waals surface area contributed by atoms with E-state index in [1.54, 1.807) is 0 Å². The molecule has 0 amide bonds. The zero-order valence-corrected chi connectivity index (χ0v) is 14.6. The Labute approximate surface area is 134 Å². The number of nitrogens with zero attached hydrogens (tertiary/aromatic N) is 3. The lowest BCUT2D eigenvalue weighted by Crippen LogP contribution is -2.53. The van der Waals surface area contributed by atoms with Crippen LogP contribution in [0.3, 0.4) is 0 Å². The van der Waals surface area contributed by atoms with Crippen LogP contribution in [-0.2, 0) is 11.8 Å². The van der Waals surface area contributed by atoms with Crippen LogP contribution in [0.4, 0.5) is 5.69 Å². The second-order valence-electron chi connectivity index (χ2n) is 8.05. The highest BCUT2D eigenvalue weighted by Crippen LogP contribution is 2.37. The minimum atomic E-state index is -0.0971. The van der Waals surface area contributed by atoms with Gasteiger partial charge in [0.05, 0.1) is 23.1 Å². The highest BCUT2D eigenvalue weighted by atomic mass is 16.5. The fourth-order valence-corrected chi connectivity index (χ4v) is 4.03. The number of hydrogen-bond acceptors (Lipinski definition) is 4. The Kier molecular flexibility index (Phi) is 3.98. The minimum absolute atomic E-state index is 0.0289. The zero-order chi connectivity index (χ0) is 16.0. The van der Waals surface area contributed by atoms with Gasteiger partial charge >= 0.3 is 0 Å². The highest BCUT2D eigenvalue weighted by molar-refractivity contribution is 5.43. The maximum atomic E-state index is 6.22. The van der Waals surface area contributed by atoms with Gasteiger partial charge in [0.2, 0.25) is 0 Å². The van der Waals surface area contributed by atoms with Crippen LogP contribution in [-0.4, -0.2) is 46.2 Å². The maximum Gasteiger partial charge on any atom is 0.0787 e. The molecular weight excluding hydrogens is 276 g/mol. The molecule has 1 aromatic rings. The Hall–Kier alpha value is -1.07. The summed E-state index contributed by atoms with van der Waals surface area (Å²) >= 11 is 0. The topological polar surface area (TPSA) is 42.3 Å². The molecule has 5 nitrogen and oxygen atoms in total. The number of nitrogens with one attached hydrogen (secondary N) is 1. The molecule has 2 saturated heterocycles. The number of ether oxygens (including phenoxy) is 1. The van der Waals surface area contributed by atoms with Gasteiger partial charge in [0.25, 0.3) is 0 Å². The quantitative estimate of drug-likeness (QED) is 0.931. The van der Waals surface area contributed by atoms with Crippen molar-refractivity contribution in [2.24, 2.45) is 7.05 Å². The van der Waals surface area contributed by atoms with Gasteiger partial charge in [-0.1, -0.05) is 0 Å². The summed E-state index contributed by atoms with van der Waals surface area (Å²) in [5, 5.41) is 8.17. The average molecular weight is 306 g/mol. The van der Waals surface area contributed by atoms with Crippen molar-refractivity contribution < 1.29 is 4.74 Å². The predicted molar refractivity (Wildman–Crippen MR) is 89.2 cm³/mol. The van der Waals surface area contributed by atoms with Gasteiger partial charge in [0.1, 0.15) is 0 Å². The van der Waals surface area contributed by atoms with Gasteiger partial charge in [-0.25, -0.2) is 0 Å². The Morgan fingerprint density at radius 1 is 1.32 bits per heavy atom. The SMILES string of the molecule is Cn1cc(N2CCC[C@@H](N[C@@H]3CC(C)(C)OC3(C)C)C2)cn1. The number of piperidine rings is 1. The lowest BCUT2D eigenvalue weighted by atomic mass is 9.92. The summed E-state index contributed by atoms with van der Waals surface area (Å²) in [6.07, 6.45) is 7.61. The van der Waals surface area contributed by atoms with E-state index in [2.05, 4.69) is 49.2 Å². The van der Waals surface area contributed by atoms with Crippen molar-refractivity contribution in [3.05, 3.63) is 12.4 Å². The van der Waals surface area contributed by atoms with Crippen LogP contribution in [0.5, 0.6) is 0 Å². The minimum Gasteiger partial charge on any atom is -0.368 e. The van der Waals surface area contributed by atoms with Crippen molar-refractivity contribution in [3.63, 3.8) is 0 Å². The van der Waals surface area contributed by atoms with Crippen molar-refractivity contribution in [1.82, 2.24) is 15.1 Å². The van der Waals surface area contributed by atoms with Crippen LogP contribution < -0.4 is 10.2 Å². The monoisotopic (exact) mass is 306 g/mol. The van der Waals surface area contributed by atoms with Crippen LogP contribution in [0.1, 0.15) is 47.0 Å². The van der Waals surface area contributed by atoms with E-state index in [-0.39, 0.29) is 11.2 Å². The number of rotatable bonds is 3. The van der Waals surface area contributed by atoms with Crippen LogP contribution in [0, 0.1) is 0 Å². The first-order valence-electron chi connectivity index (χ1n) is 8.45. The van der Waals surface area contributed by atoms with Crippen LogP contribution >= 0.6 is 0 Å². The molecule has 0 unspecified atom stereocenters. The van der Waals surface area contributed by atoms with Crippen molar-refractivity contribution in [3.8, 4) is 0 Å². The summed E-state index contributed by atoms with van der Waals surface area (Å²) in [5.41, 5.74) is 1.11. The van der Waals surface area contributed by atoms with Crippen molar-refractivity contribution in [2.75, 3.05) is 18.0 Å². The zero-order valence-electron chi connectivity index (χ0n) is 14.6. The molecule has 2 aliphatic heterocycles. The fraction of sp³-hybridized carbons (Fsp3) is 0.824. The molecule has 0 spiro atoms. The third kappa shape index (κ3) is 3.30. The number of anilines is 1. The van der Waals surface area contributed by atoms with Gasteiger partial charge in [-0.2, -0.15) is 5.10 Å². The lowest BCUT2D eigenvalue weighted by Gasteiger charge is -2.37. The first-order valence-corrected chi connectivity index (χ1v) is 8.45. The summed E-state index contributed by atoms with van der Waals surface area (Å²) in [5.74, 6) is 0. The molecule has 3 rings (SSSR count). The van der Waals surface area contributed by atoms with E-state index in [9.17, 15) is 0 Å². The van der Waals surface area contributed by atoms with E-state index >= 15 is 0 Å². The first kappa shape index (κ1) is 15.8. The van der Waals surface area contributed by atoms with E-state index in [4.69, 9.17) is 4.74 Å². The van der Waals surface area contributed by atoms with E-state index in [0.717, 1.165) is 19.5 Å². The Bertz CT molecular complexity index is 522. The summed E-state index contributed by atoms with van der Waals surface area (Å²) in [6, 6.07) is 0.942. The van der Waals surface area contributed by atoms with Gasteiger partial charge in [0.15, 0.2) is 0 Å². The van der Waals surface area contributed by atoms with E-state index in [0.29, 0.717) is 12.1 Å². The molecule has 1 N–H and O–H groups in total. The lowest BCUT2D eigenvalue weighted by molar-refractivity contribution is -0.0705. The highest BCUT2D eigenvalue weighted by Gasteiger charge is 2.46. The molecule has 0 aromatic carbocycles. The molecular formula is C17H30N4O. The number of aryl methyl sites for hydroxylation is 1. The normalized spacial score (nSPS) is 30.7. The van der Waals surface area contributed by atoms with E-state index < -0.39 is 0 Å². The molecule has 0 saturated carbocycles. The molecule has 3 heterocycles. The standard InChI is InChI=1S/C17H30N4O/c1-16(2)9-15(17(3,4)22-16)19-13-7-6-8-21(11-13)14-10-18-20(5)12-14/h10,12-13,15,19H,6-9,11H2,1-5H3/t13-,15-/m1/s1. The third-order valence-corrected chi connectivity index (χ3v) is 4.99. The molecule has 124 valence electrons. The second-order valence-corrected chi connectivity index (χ2v) is 8.05. The van der Waals surface area contributed by atoms with Crippen LogP contribution in [0.15, 0.2) is 12.4 Å². The van der Waals surface area contributed by atoms with Crippen molar-refractivity contribution in [2.45, 2.75) is 70.2 Å². The molecule has 2 atom stereocenters. The van der Waals surface area contributed by atoms with Gasteiger partial charge < -0.3 is 15.0 Å². The fourth-order valence-electron chi connectivity index (χ4n) is 4.03. The van der Waals surface area contributed by atoms with Crippen LogP contribution in [0.25, 0.3) is 0 Å². The Balaban J connectivity index is 1.63. The Morgan fingerprint density at radius 3 is 2.68 bits per heavy atom. The third-order valence-electron chi connectivity index (χ3n) is 4.99. The number of hydrogen-bond donors (Lipinski definition) is 1. The molecule has 0 aliphatic carbocycles. The van der Waals surface area contributed by atoms with Gasteiger partial charge in [-0.3, -0.25) is 4.68 Å².